The number of nitrogens with one attached hydrogen (secondary N) is 2. The fraction of sp³-hybridized carbons (Fsp3) is 0.682. The van der Waals surface area contributed by atoms with Gasteiger partial charge in [0.25, 0.3) is 5.92 Å². The van der Waals surface area contributed by atoms with Crippen molar-refractivity contribution in [2.24, 2.45) is 5.92 Å². The quantitative estimate of drug-likeness (QED) is 0.747. The molecule has 3 atom stereocenters. The van der Waals surface area contributed by atoms with Crippen LogP contribution in [0.4, 0.5) is 19.4 Å². The number of halogens is 2. The van der Waals surface area contributed by atoms with Crippen LogP contribution in [0.3, 0.4) is 0 Å². The number of hydrogen-bond acceptors (Lipinski definition) is 5. The molecular weight excluding hydrogens is 404 g/mol. The highest BCUT2D eigenvalue weighted by Gasteiger charge is 2.82. The lowest BCUT2D eigenvalue weighted by Crippen LogP contribution is -2.47. The number of hydrogen-bond donors (Lipinski definition) is 2. The molecule has 0 spiro atoms. The Kier molecular flexibility index (Phi) is 4.47. The first-order chi connectivity index (χ1) is 14.6. The van der Waals surface area contributed by atoms with E-state index in [9.17, 15) is 13.6 Å². The van der Waals surface area contributed by atoms with Crippen LogP contribution in [-0.2, 0) is 10.2 Å². The van der Waals surface area contributed by atoms with E-state index in [0.29, 0.717) is 48.3 Å². The molecule has 1 saturated heterocycles. The highest BCUT2D eigenvalue weighted by Crippen LogP contribution is 2.75. The number of nitrogens with zero attached hydrogens (tertiary/aromatic N) is 3. The fourth-order valence-corrected chi connectivity index (χ4v) is 5.59. The SMILES string of the molecule is CC(C)(C)OC(=O)N1CCCC(Nc2ncnc3[nH]cc(C45CCCC4C5(F)F)c23)C1. The molecule has 1 amide bonds. The lowest BCUT2D eigenvalue weighted by molar-refractivity contribution is 0.0206. The van der Waals surface area contributed by atoms with Crippen LogP contribution in [0.2, 0.25) is 0 Å². The van der Waals surface area contributed by atoms with Crippen LogP contribution in [0.15, 0.2) is 12.5 Å². The summed E-state index contributed by atoms with van der Waals surface area (Å²) in [6.07, 6.45) is 6.34. The van der Waals surface area contributed by atoms with Crippen LogP contribution >= 0.6 is 0 Å². The molecule has 31 heavy (non-hydrogen) atoms. The Labute approximate surface area is 179 Å². The first kappa shape index (κ1) is 20.5. The van der Waals surface area contributed by atoms with E-state index in [1.54, 1.807) is 11.1 Å². The molecule has 2 aliphatic carbocycles. The van der Waals surface area contributed by atoms with E-state index in [1.807, 2.05) is 20.8 Å². The average molecular weight is 434 g/mol. The largest absolute Gasteiger partial charge is 0.444 e. The van der Waals surface area contributed by atoms with E-state index in [4.69, 9.17) is 4.74 Å². The molecule has 2 N–H and O–H groups in total. The second-order valence-electron chi connectivity index (χ2n) is 10.1. The van der Waals surface area contributed by atoms with Crippen molar-refractivity contribution in [1.82, 2.24) is 19.9 Å². The minimum atomic E-state index is -2.67. The predicted molar refractivity (Wildman–Crippen MR) is 112 cm³/mol. The van der Waals surface area contributed by atoms with Gasteiger partial charge in [-0.05, 0) is 52.0 Å². The first-order valence-corrected chi connectivity index (χ1v) is 11.1. The summed E-state index contributed by atoms with van der Waals surface area (Å²) in [4.78, 5) is 25.9. The molecule has 9 heteroatoms. The maximum Gasteiger partial charge on any atom is 0.410 e. The van der Waals surface area contributed by atoms with E-state index < -0.39 is 22.9 Å². The molecule has 0 bridgehead atoms. The zero-order valence-corrected chi connectivity index (χ0v) is 18.2. The van der Waals surface area contributed by atoms with Crippen LogP contribution in [0, 0.1) is 5.92 Å². The molecule has 1 aliphatic heterocycles. The van der Waals surface area contributed by atoms with Gasteiger partial charge in [-0.15, -0.1) is 0 Å². The van der Waals surface area contributed by atoms with Gasteiger partial charge in [-0.2, -0.15) is 0 Å². The van der Waals surface area contributed by atoms with Gasteiger partial charge in [-0.25, -0.2) is 23.5 Å². The molecule has 0 radical (unpaired) electrons. The Hall–Kier alpha value is -2.45. The number of aromatic nitrogens is 3. The number of amides is 1. The van der Waals surface area contributed by atoms with Crippen molar-refractivity contribution in [2.75, 3.05) is 18.4 Å². The van der Waals surface area contributed by atoms with Gasteiger partial charge in [-0.1, -0.05) is 6.42 Å². The number of carbonyl (C=O) groups excluding carboxylic acids is 1. The highest BCUT2D eigenvalue weighted by molar-refractivity contribution is 5.92. The van der Waals surface area contributed by atoms with Gasteiger partial charge in [0, 0.05) is 31.2 Å². The lowest BCUT2D eigenvalue weighted by Gasteiger charge is -2.34. The smallest absolute Gasteiger partial charge is 0.410 e. The fourth-order valence-electron chi connectivity index (χ4n) is 5.59. The predicted octanol–water partition coefficient (Wildman–Crippen LogP) is 4.46. The Morgan fingerprint density at radius 1 is 1.29 bits per heavy atom. The van der Waals surface area contributed by atoms with Crippen LogP contribution in [0.5, 0.6) is 0 Å². The van der Waals surface area contributed by atoms with Crippen molar-refractivity contribution in [1.29, 1.82) is 0 Å². The third-order valence-corrected chi connectivity index (χ3v) is 6.97. The maximum atomic E-state index is 14.7. The van der Waals surface area contributed by atoms with Crippen molar-refractivity contribution in [3.8, 4) is 0 Å². The van der Waals surface area contributed by atoms with Gasteiger partial charge in [0.05, 0.1) is 10.8 Å². The summed E-state index contributed by atoms with van der Waals surface area (Å²) < 4.78 is 34.9. The van der Waals surface area contributed by atoms with Crippen LogP contribution < -0.4 is 5.32 Å². The molecule has 3 fully saturated rings. The minimum Gasteiger partial charge on any atom is -0.444 e. The molecule has 3 unspecified atom stereocenters. The topological polar surface area (TPSA) is 83.1 Å². The van der Waals surface area contributed by atoms with Gasteiger partial charge >= 0.3 is 6.09 Å². The summed E-state index contributed by atoms with van der Waals surface area (Å²) >= 11 is 0. The molecule has 3 heterocycles. The molecule has 7 nitrogen and oxygen atoms in total. The van der Waals surface area contributed by atoms with Crippen LogP contribution in [0.25, 0.3) is 11.0 Å². The number of likely N-dealkylation sites (tertiary alicyclic amines) is 1. The van der Waals surface area contributed by atoms with Crippen molar-refractivity contribution in [3.05, 3.63) is 18.1 Å². The Morgan fingerprint density at radius 3 is 2.81 bits per heavy atom. The Balaban J connectivity index is 1.40. The Morgan fingerprint density at radius 2 is 2.10 bits per heavy atom. The van der Waals surface area contributed by atoms with Gasteiger partial charge in [0.15, 0.2) is 0 Å². The second kappa shape index (κ2) is 6.77. The third kappa shape index (κ3) is 3.15. The molecule has 5 rings (SSSR count). The van der Waals surface area contributed by atoms with Gasteiger partial charge in [0.2, 0.25) is 0 Å². The van der Waals surface area contributed by atoms with Crippen molar-refractivity contribution >= 4 is 22.9 Å². The third-order valence-electron chi connectivity index (χ3n) is 6.97. The number of ether oxygens (including phenoxy) is 1. The molecular formula is C22H29F2N5O2. The van der Waals surface area contributed by atoms with Gasteiger partial charge in [-0.3, -0.25) is 0 Å². The van der Waals surface area contributed by atoms with E-state index in [0.717, 1.165) is 19.3 Å². The van der Waals surface area contributed by atoms with Crippen molar-refractivity contribution < 1.29 is 18.3 Å². The van der Waals surface area contributed by atoms with E-state index in [-0.39, 0.29) is 12.1 Å². The summed E-state index contributed by atoms with van der Waals surface area (Å²) in [5, 5.41) is 4.07. The molecule has 2 aromatic heterocycles. The maximum absolute atomic E-state index is 14.7. The molecule has 168 valence electrons. The number of alkyl halides is 2. The van der Waals surface area contributed by atoms with E-state index in [2.05, 4.69) is 20.3 Å². The average Bonchev–Trinajstić information content (AvgIpc) is 3.14. The zero-order chi connectivity index (χ0) is 22.0. The number of rotatable bonds is 3. The summed E-state index contributed by atoms with van der Waals surface area (Å²) in [5.74, 6) is -2.71. The first-order valence-electron chi connectivity index (χ1n) is 11.1. The monoisotopic (exact) mass is 433 g/mol. The van der Waals surface area contributed by atoms with Crippen LogP contribution in [-0.4, -0.2) is 56.6 Å². The standard InChI is InChI=1S/C22H29F2N5O2/c1-20(2,3)31-19(30)29-9-5-6-13(11-29)28-18-16-14(10-25-17(16)26-12-27-18)21-8-4-7-15(21)22(21,23)24/h10,12-13,15H,4-9,11H2,1-3H3,(H2,25,26,27,28). The van der Waals surface area contributed by atoms with Crippen LogP contribution in [0.1, 0.15) is 58.4 Å². The van der Waals surface area contributed by atoms with Gasteiger partial charge < -0.3 is 19.9 Å². The molecule has 2 aromatic rings. The number of H-pyrrole nitrogens is 1. The van der Waals surface area contributed by atoms with Crippen molar-refractivity contribution in [3.63, 3.8) is 0 Å². The Bertz CT molecular complexity index is 1020. The zero-order valence-electron chi connectivity index (χ0n) is 18.2. The number of fused-ring (bicyclic) bond motifs is 2. The highest BCUT2D eigenvalue weighted by atomic mass is 19.3. The second-order valence-corrected chi connectivity index (χ2v) is 10.1. The molecule has 2 saturated carbocycles. The number of piperidine rings is 1. The van der Waals surface area contributed by atoms with Gasteiger partial charge in [0.1, 0.15) is 23.4 Å². The van der Waals surface area contributed by atoms with E-state index in [1.165, 1.54) is 6.33 Å². The molecule has 3 aliphatic rings. The lowest BCUT2D eigenvalue weighted by atomic mass is 9.92. The number of aromatic amines is 1. The summed E-state index contributed by atoms with van der Waals surface area (Å²) in [6.45, 7) is 6.65. The van der Waals surface area contributed by atoms with E-state index >= 15 is 0 Å². The summed E-state index contributed by atoms with van der Waals surface area (Å²) in [6, 6.07) is -0.0429. The summed E-state index contributed by atoms with van der Waals surface area (Å²) in [5.41, 5.74) is -0.460. The summed E-state index contributed by atoms with van der Waals surface area (Å²) in [7, 11) is 0. The number of anilines is 1. The molecule has 0 aromatic carbocycles. The minimum absolute atomic E-state index is 0.0429. The normalized spacial score (nSPS) is 29.6. The number of carbonyl (C=O) groups is 1. The van der Waals surface area contributed by atoms with Crippen molar-refractivity contribution in [2.45, 2.75) is 75.9 Å².